The van der Waals surface area contributed by atoms with Crippen LogP contribution in [0.1, 0.15) is 40.7 Å². The van der Waals surface area contributed by atoms with Crippen molar-refractivity contribution in [2.45, 2.75) is 25.4 Å². The van der Waals surface area contributed by atoms with Crippen LogP contribution in [0.2, 0.25) is 15.1 Å². The van der Waals surface area contributed by atoms with Gasteiger partial charge >= 0.3 is 6.18 Å². The molecule has 0 aromatic heterocycles. The van der Waals surface area contributed by atoms with E-state index in [1.807, 2.05) is 0 Å². The lowest BCUT2D eigenvalue weighted by Crippen LogP contribution is -2.28. The molecule has 0 saturated heterocycles. The number of carbonyl (C=O) groups is 2. The zero-order chi connectivity index (χ0) is 22.5. The molecule has 0 aliphatic carbocycles. The van der Waals surface area contributed by atoms with E-state index in [2.05, 4.69) is 5.32 Å². The third-order valence-electron chi connectivity index (χ3n) is 4.20. The maximum absolute atomic E-state index is 13.6. The molecule has 9 heteroatoms. The first-order valence-electron chi connectivity index (χ1n) is 8.82. The Morgan fingerprint density at radius 3 is 2.13 bits per heavy atom. The van der Waals surface area contributed by atoms with Crippen LogP contribution in [0, 0.1) is 0 Å². The number of benzene rings is 2. The first-order chi connectivity index (χ1) is 14.0. The molecule has 0 spiro atoms. The second kappa shape index (κ2) is 10.3. The topological polar surface area (TPSA) is 46.2 Å². The highest BCUT2D eigenvalue weighted by molar-refractivity contribution is 6.48. The van der Waals surface area contributed by atoms with E-state index in [1.165, 1.54) is 30.3 Å². The first-order valence-corrected chi connectivity index (χ1v) is 9.95. The second-order valence-electron chi connectivity index (χ2n) is 6.35. The van der Waals surface area contributed by atoms with Crippen molar-refractivity contribution in [3.05, 3.63) is 74.2 Å². The Balaban J connectivity index is 2.20. The third kappa shape index (κ3) is 6.49. The van der Waals surface area contributed by atoms with Gasteiger partial charge in [0.05, 0.1) is 27.5 Å². The maximum atomic E-state index is 13.6. The number of carbonyl (C=O) groups excluding carboxylic acids is 2. The fourth-order valence-electron chi connectivity index (χ4n) is 2.56. The van der Waals surface area contributed by atoms with Gasteiger partial charge in [-0.25, -0.2) is 0 Å². The molecule has 1 N–H and O–H groups in total. The average Bonchev–Trinajstić information content (AvgIpc) is 2.69. The minimum Gasteiger partial charge on any atom is -0.349 e. The monoisotopic (exact) mass is 477 g/mol. The molecule has 160 valence electrons. The van der Waals surface area contributed by atoms with Gasteiger partial charge < -0.3 is 5.32 Å². The normalized spacial score (nSPS) is 12.8. The van der Waals surface area contributed by atoms with Crippen molar-refractivity contribution in [2.75, 3.05) is 6.54 Å². The van der Waals surface area contributed by atoms with Crippen LogP contribution in [-0.4, -0.2) is 24.4 Å². The van der Waals surface area contributed by atoms with Crippen LogP contribution in [-0.2, 0) is 4.79 Å². The predicted molar refractivity (Wildman–Crippen MR) is 113 cm³/mol. The summed E-state index contributed by atoms with van der Waals surface area (Å²) in [7, 11) is 0. The number of nitrogens with one attached hydrogen (secondary N) is 1. The minimum absolute atomic E-state index is 0.0117. The average molecular weight is 479 g/mol. The molecular weight excluding hydrogens is 462 g/mol. The molecule has 2 aromatic rings. The molecule has 1 unspecified atom stereocenters. The van der Waals surface area contributed by atoms with Crippen LogP contribution < -0.4 is 5.32 Å². The number of allylic oxidation sites excluding steroid dienone is 1. The highest BCUT2D eigenvalue weighted by Crippen LogP contribution is 2.41. The van der Waals surface area contributed by atoms with Gasteiger partial charge in [-0.15, -0.1) is 0 Å². The number of amides is 1. The summed E-state index contributed by atoms with van der Waals surface area (Å²) in [5, 5.41) is 2.32. The number of rotatable bonds is 7. The van der Waals surface area contributed by atoms with Crippen molar-refractivity contribution in [1.82, 2.24) is 5.32 Å². The summed E-state index contributed by atoms with van der Waals surface area (Å²) in [6.45, 7) is 1.52. The van der Waals surface area contributed by atoms with Crippen molar-refractivity contribution >= 4 is 52.6 Å². The Hall–Kier alpha value is -2.02. The van der Waals surface area contributed by atoms with E-state index in [0.29, 0.717) is 11.1 Å². The summed E-state index contributed by atoms with van der Waals surface area (Å²) in [4.78, 5) is 23.3. The van der Waals surface area contributed by atoms with Crippen molar-refractivity contribution in [2.24, 2.45) is 0 Å². The quantitative estimate of drug-likeness (QED) is 0.355. The van der Waals surface area contributed by atoms with Crippen molar-refractivity contribution in [3.63, 3.8) is 0 Å². The molecule has 0 heterocycles. The van der Waals surface area contributed by atoms with E-state index in [0.717, 1.165) is 18.2 Å². The number of halogens is 6. The molecule has 0 aliphatic rings. The van der Waals surface area contributed by atoms with E-state index < -0.39 is 12.1 Å². The highest BCUT2D eigenvalue weighted by atomic mass is 35.5. The van der Waals surface area contributed by atoms with Crippen LogP contribution in [0.4, 0.5) is 13.2 Å². The first kappa shape index (κ1) is 24.3. The Bertz CT molecular complexity index is 934. The van der Waals surface area contributed by atoms with E-state index in [9.17, 15) is 22.8 Å². The lowest BCUT2D eigenvalue weighted by molar-refractivity contribution is -0.139. The fourth-order valence-corrected chi connectivity index (χ4v) is 3.17. The standard InChI is InChI=1S/C21H17Cl3F3NO2/c1-2-19(30)28-11-18(29)13-6-3-12(4-7-13)5-8-15(21(25,26)27)14-9-16(22)20(24)17(23)10-14/h3-10,15H,2,11H2,1H3,(H,28,30)/b8-5+. The van der Waals surface area contributed by atoms with Gasteiger partial charge in [-0.1, -0.05) is 78.1 Å². The Kier molecular flexibility index (Phi) is 8.35. The Morgan fingerprint density at radius 2 is 1.63 bits per heavy atom. The van der Waals surface area contributed by atoms with Gasteiger partial charge in [0.2, 0.25) is 5.91 Å². The molecule has 0 radical (unpaired) electrons. The number of ketones is 1. The molecular formula is C21H17Cl3F3NO2. The molecule has 0 aliphatic heterocycles. The molecule has 30 heavy (non-hydrogen) atoms. The molecule has 0 fully saturated rings. The van der Waals surface area contributed by atoms with Crippen LogP contribution >= 0.6 is 34.8 Å². The van der Waals surface area contributed by atoms with Gasteiger partial charge in [0, 0.05) is 12.0 Å². The molecule has 3 nitrogen and oxygen atoms in total. The highest BCUT2D eigenvalue weighted by Gasteiger charge is 2.39. The molecule has 2 rings (SSSR count). The zero-order valence-corrected chi connectivity index (χ0v) is 18.0. The largest absolute Gasteiger partial charge is 0.399 e. The third-order valence-corrected chi connectivity index (χ3v) is 5.40. The molecule has 1 amide bonds. The summed E-state index contributed by atoms with van der Waals surface area (Å²) < 4.78 is 40.7. The SMILES string of the molecule is CCC(=O)NCC(=O)c1ccc(/C=C/C(c2cc(Cl)c(Cl)c(Cl)c2)C(F)(F)F)cc1. The van der Waals surface area contributed by atoms with Gasteiger partial charge in [0.15, 0.2) is 5.78 Å². The van der Waals surface area contributed by atoms with E-state index in [1.54, 1.807) is 6.92 Å². The van der Waals surface area contributed by atoms with E-state index in [-0.39, 0.29) is 45.3 Å². The van der Waals surface area contributed by atoms with Gasteiger partial charge in [-0.3, -0.25) is 9.59 Å². The van der Waals surface area contributed by atoms with E-state index >= 15 is 0 Å². The van der Waals surface area contributed by atoms with E-state index in [4.69, 9.17) is 34.8 Å². The maximum Gasteiger partial charge on any atom is 0.399 e. The van der Waals surface area contributed by atoms with Gasteiger partial charge in [0.25, 0.3) is 0 Å². The predicted octanol–water partition coefficient (Wildman–Crippen LogP) is 6.72. The zero-order valence-electron chi connectivity index (χ0n) is 15.7. The summed E-state index contributed by atoms with van der Waals surface area (Å²) in [5.74, 6) is -2.50. The molecule has 2 aromatic carbocycles. The van der Waals surface area contributed by atoms with Crippen molar-refractivity contribution in [3.8, 4) is 0 Å². The van der Waals surface area contributed by atoms with Gasteiger partial charge in [-0.05, 0) is 23.3 Å². The lowest BCUT2D eigenvalue weighted by Gasteiger charge is -2.18. The fraction of sp³-hybridized carbons (Fsp3) is 0.238. The number of Topliss-reactive ketones (excluding diaryl/α,β-unsaturated/α-hetero) is 1. The molecule has 1 atom stereocenters. The smallest absolute Gasteiger partial charge is 0.349 e. The lowest BCUT2D eigenvalue weighted by atomic mass is 9.97. The number of alkyl halides is 3. The van der Waals surface area contributed by atoms with Gasteiger partial charge in [0.1, 0.15) is 0 Å². The van der Waals surface area contributed by atoms with Gasteiger partial charge in [-0.2, -0.15) is 13.2 Å². The second-order valence-corrected chi connectivity index (χ2v) is 7.54. The van der Waals surface area contributed by atoms with Crippen LogP contribution in [0.25, 0.3) is 6.08 Å². The summed E-state index contributed by atoms with van der Waals surface area (Å²) in [6.07, 6.45) is -2.04. The van der Waals surface area contributed by atoms with Crippen LogP contribution in [0.5, 0.6) is 0 Å². The van der Waals surface area contributed by atoms with Crippen molar-refractivity contribution in [1.29, 1.82) is 0 Å². The molecule has 0 bridgehead atoms. The summed E-state index contributed by atoms with van der Waals surface area (Å²) in [5.41, 5.74) is 0.661. The number of hydrogen-bond donors (Lipinski definition) is 1. The molecule has 0 saturated carbocycles. The minimum atomic E-state index is -4.58. The summed E-state index contributed by atoms with van der Waals surface area (Å²) >= 11 is 17.5. The van der Waals surface area contributed by atoms with Crippen molar-refractivity contribution < 1.29 is 22.8 Å². The Morgan fingerprint density at radius 1 is 1.07 bits per heavy atom. The number of hydrogen-bond acceptors (Lipinski definition) is 2. The van der Waals surface area contributed by atoms with Crippen LogP contribution in [0.3, 0.4) is 0 Å². The summed E-state index contributed by atoms with van der Waals surface area (Å²) in [6, 6.07) is 8.26. The van der Waals surface area contributed by atoms with Crippen LogP contribution in [0.15, 0.2) is 42.5 Å². The Labute approximate surface area is 186 Å².